The number of nitrogens with zero attached hydrogens (tertiary/aromatic N) is 2. The standard InChI is InChI=1S/C23H33N2O3/c1-18-24(2)15-16-25(18)14-9-17-28-23(27)22(26)21-13-8-7-12-20(21)19-10-5-3-4-6-11-19/h7-8,12-13,15-16,19,22,26H,3-6,9-11,14,17H2,1-2H3/q+1. The lowest BCUT2D eigenvalue weighted by atomic mass is 9.86. The van der Waals surface area contributed by atoms with Crippen molar-refractivity contribution in [1.29, 1.82) is 0 Å². The lowest BCUT2D eigenvalue weighted by Gasteiger charge is -2.21. The first kappa shape index (κ1) is 20.6. The van der Waals surface area contributed by atoms with E-state index in [0.717, 1.165) is 37.2 Å². The fourth-order valence-corrected chi connectivity index (χ4v) is 4.17. The molecule has 0 spiro atoms. The number of carbonyl (C=O) groups is 1. The molecule has 1 aliphatic carbocycles. The van der Waals surface area contributed by atoms with Crippen LogP contribution in [0, 0.1) is 6.92 Å². The molecule has 0 bridgehead atoms. The van der Waals surface area contributed by atoms with Crippen molar-refractivity contribution < 1.29 is 19.2 Å². The van der Waals surface area contributed by atoms with Gasteiger partial charge in [0.15, 0.2) is 6.10 Å². The molecule has 3 rings (SSSR count). The van der Waals surface area contributed by atoms with Crippen LogP contribution in [-0.4, -0.2) is 22.2 Å². The van der Waals surface area contributed by atoms with Crippen molar-refractivity contribution in [2.75, 3.05) is 6.61 Å². The van der Waals surface area contributed by atoms with E-state index in [2.05, 4.69) is 22.1 Å². The molecule has 2 aromatic rings. The molecule has 5 heteroatoms. The summed E-state index contributed by atoms with van der Waals surface area (Å²) in [5.41, 5.74) is 1.83. The summed E-state index contributed by atoms with van der Waals surface area (Å²) in [6, 6.07) is 7.83. The van der Waals surface area contributed by atoms with Gasteiger partial charge >= 0.3 is 5.97 Å². The van der Waals surface area contributed by atoms with Gasteiger partial charge in [-0.25, -0.2) is 13.9 Å². The Kier molecular flexibility index (Phi) is 7.26. The lowest BCUT2D eigenvalue weighted by Crippen LogP contribution is -2.29. The maximum absolute atomic E-state index is 12.4. The zero-order chi connectivity index (χ0) is 19.9. The number of ether oxygens (including phenoxy) is 1. The number of aliphatic hydroxyl groups is 1. The van der Waals surface area contributed by atoms with Gasteiger partial charge in [-0.3, -0.25) is 0 Å². The summed E-state index contributed by atoms with van der Waals surface area (Å²) in [7, 11) is 2.01. The Labute approximate surface area is 168 Å². The second kappa shape index (κ2) is 9.87. The molecule has 5 nitrogen and oxygen atoms in total. The summed E-state index contributed by atoms with van der Waals surface area (Å²) in [5.74, 6) is 1.04. The molecule has 0 aliphatic heterocycles. The van der Waals surface area contributed by atoms with Crippen molar-refractivity contribution in [3.63, 3.8) is 0 Å². The Balaban J connectivity index is 1.56. The van der Waals surface area contributed by atoms with Gasteiger partial charge in [0.2, 0.25) is 0 Å². The normalized spacial score (nSPS) is 16.5. The Hall–Kier alpha value is -2.14. The molecule has 1 aliphatic rings. The molecule has 1 atom stereocenters. The van der Waals surface area contributed by atoms with E-state index in [1.807, 2.05) is 37.6 Å². The van der Waals surface area contributed by atoms with E-state index in [9.17, 15) is 9.90 Å². The third-order valence-corrected chi connectivity index (χ3v) is 5.99. The highest BCUT2D eigenvalue weighted by atomic mass is 16.5. The van der Waals surface area contributed by atoms with Crippen LogP contribution in [0.3, 0.4) is 0 Å². The van der Waals surface area contributed by atoms with E-state index in [-0.39, 0.29) is 0 Å². The number of aryl methyl sites for hydroxylation is 2. The van der Waals surface area contributed by atoms with Crippen molar-refractivity contribution in [3.8, 4) is 0 Å². The van der Waals surface area contributed by atoms with Gasteiger partial charge in [0.05, 0.1) is 20.2 Å². The minimum Gasteiger partial charge on any atom is -0.463 e. The molecule has 1 heterocycles. The first-order chi connectivity index (χ1) is 13.6. The van der Waals surface area contributed by atoms with E-state index in [4.69, 9.17) is 4.74 Å². The SMILES string of the molecule is Cc1n(CCCOC(=O)C(O)c2ccccc2C2CCCCCC2)cc[n+]1C. The Morgan fingerprint density at radius 3 is 2.64 bits per heavy atom. The second-order valence-corrected chi connectivity index (χ2v) is 7.89. The second-order valence-electron chi connectivity index (χ2n) is 7.89. The van der Waals surface area contributed by atoms with Crippen LogP contribution in [0.5, 0.6) is 0 Å². The van der Waals surface area contributed by atoms with Gasteiger partial charge in [-0.2, -0.15) is 0 Å². The first-order valence-corrected chi connectivity index (χ1v) is 10.5. The number of rotatable bonds is 7. The Morgan fingerprint density at radius 1 is 1.25 bits per heavy atom. The van der Waals surface area contributed by atoms with Gasteiger partial charge in [-0.05, 0) is 29.9 Å². The molecule has 0 saturated heterocycles. The number of imidazole rings is 1. The monoisotopic (exact) mass is 385 g/mol. The summed E-state index contributed by atoms with van der Waals surface area (Å²) in [6.07, 6.45) is 10.8. The summed E-state index contributed by atoms with van der Waals surface area (Å²) < 4.78 is 9.57. The third-order valence-electron chi connectivity index (χ3n) is 5.99. The summed E-state index contributed by atoms with van der Waals surface area (Å²) in [6.45, 7) is 3.15. The molecular formula is C23H33N2O3+. The number of hydrogen-bond donors (Lipinski definition) is 1. The molecule has 1 saturated carbocycles. The number of hydrogen-bond acceptors (Lipinski definition) is 3. The average Bonchev–Trinajstić information content (AvgIpc) is 2.92. The van der Waals surface area contributed by atoms with Crippen LogP contribution >= 0.6 is 0 Å². The van der Waals surface area contributed by atoms with Crippen LogP contribution in [0.15, 0.2) is 36.7 Å². The van der Waals surface area contributed by atoms with Gasteiger partial charge in [0, 0.05) is 13.3 Å². The quantitative estimate of drug-likeness (QED) is 0.342. The molecule has 1 unspecified atom stereocenters. The third kappa shape index (κ3) is 5.02. The van der Waals surface area contributed by atoms with Crippen LogP contribution in [-0.2, 0) is 23.1 Å². The van der Waals surface area contributed by atoms with Crippen molar-refractivity contribution in [2.24, 2.45) is 7.05 Å². The predicted molar refractivity (Wildman–Crippen MR) is 108 cm³/mol. The van der Waals surface area contributed by atoms with Crippen LogP contribution in [0.1, 0.15) is 73.9 Å². The molecule has 1 aromatic carbocycles. The topological polar surface area (TPSA) is 55.3 Å². The van der Waals surface area contributed by atoms with Gasteiger partial charge in [-0.1, -0.05) is 49.9 Å². The van der Waals surface area contributed by atoms with Gasteiger partial charge < -0.3 is 9.84 Å². The molecular weight excluding hydrogens is 352 g/mol. The predicted octanol–water partition coefficient (Wildman–Crippen LogP) is 3.73. The minimum absolute atomic E-state index is 0.308. The van der Waals surface area contributed by atoms with Gasteiger partial charge in [-0.15, -0.1) is 0 Å². The van der Waals surface area contributed by atoms with E-state index >= 15 is 0 Å². The molecule has 1 N–H and O–H groups in total. The molecule has 1 fully saturated rings. The maximum atomic E-state index is 12.4. The van der Waals surface area contributed by atoms with Crippen molar-refractivity contribution in [3.05, 3.63) is 53.6 Å². The summed E-state index contributed by atoms with van der Waals surface area (Å²) in [4.78, 5) is 12.4. The Morgan fingerprint density at radius 2 is 1.96 bits per heavy atom. The van der Waals surface area contributed by atoms with Crippen molar-refractivity contribution in [2.45, 2.75) is 70.4 Å². The maximum Gasteiger partial charge on any atom is 0.339 e. The number of carbonyl (C=O) groups excluding carboxylic acids is 1. The smallest absolute Gasteiger partial charge is 0.339 e. The fourth-order valence-electron chi connectivity index (χ4n) is 4.17. The summed E-state index contributed by atoms with van der Waals surface area (Å²) >= 11 is 0. The highest BCUT2D eigenvalue weighted by Gasteiger charge is 2.25. The van der Waals surface area contributed by atoms with Crippen LogP contribution in [0.4, 0.5) is 0 Å². The fraction of sp³-hybridized carbons (Fsp3) is 0.565. The van der Waals surface area contributed by atoms with Gasteiger partial charge in [0.25, 0.3) is 5.82 Å². The zero-order valence-electron chi connectivity index (χ0n) is 17.1. The molecule has 1 aromatic heterocycles. The number of esters is 1. The van der Waals surface area contributed by atoms with Crippen LogP contribution in [0.2, 0.25) is 0 Å². The number of benzene rings is 1. The zero-order valence-corrected chi connectivity index (χ0v) is 17.1. The molecule has 152 valence electrons. The van der Waals surface area contributed by atoms with E-state index < -0.39 is 12.1 Å². The highest BCUT2D eigenvalue weighted by molar-refractivity contribution is 5.76. The van der Waals surface area contributed by atoms with Gasteiger partial charge in [0.1, 0.15) is 12.4 Å². The number of aliphatic hydroxyl groups excluding tert-OH is 1. The largest absolute Gasteiger partial charge is 0.463 e. The average molecular weight is 386 g/mol. The molecule has 28 heavy (non-hydrogen) atoms. The van der Waals surface area contributed by atoms with Crippen LogP contribution < -0.4 is 4.57 Å². The Bertz CT molecular complexity index is 776. The van der Waals surface area contributed by atoms with E-state index in [1.54, 1.807) is 0 Å². The summed E-state index contributed by atoms with van der Waals surface area (Å²) in [5, 5.41) is 10.7. The van der Waals surface area contributed by atoms with Crippen molar-refractivity contribution >= 4 is 5.97 Å². The molecule has 0 radical (unpaired) electrons. The highest BCUT2D eigenvalue weighted by Crippen LogP contribution is 2.35. The first-order valence-electron chi connectivity index (χ1n) is 10.5. The number of aromatic nitrogens is 2. The van der Waals surface area contributed by atoms with E-state index in [0.29, 0.717) is 18.1 Å². The minimum atomic E-state index is -1.20. The van der Waals surface area contributed by atoms with Crippen molar-refractivity contribution in [1.82, 2.24) is 4.57 Å². The lowest BCUT2D eigenvalue weighted by molar-refractivity contribution is -0.677. The van der Waals surface area contributed by atoms with Crippen LogP contribution in [0.25, 0.3) is 0 Å². The van der Waals surface area contributed by atoms with E-state index in [1.165, 1.54) is 25.7 Å². The molecule has 0 amide bonds.